The third-order valence-electron chi connectivity index (χ3n) is 4.99. The molecule has 0 amide bonds. The number of nitrogens with zero attached hydrogens (tertiary/aromatic N) is 5. The Morgan fingerprint density at radius 3 is 2.75 bits per heavy atom. The highest BCUT2D eigenvalue weighted by Gasteiger charge is 2.15. The monoisotopic (exact) mass is 562 g/mol. The predicted octanol–water partition coefficient (Wildman–Crippen LogP) is 5.08. The van der Waals surface area contributed by atoms with E-state index in [1.54, 1.807) is 24.5 Å². The number of anilines is 1. The number of benzene rings is 1. The number of nitrogens with two attached hydrogens (primary N) is 1. The number of ether oxygens (including phenoxy) is 1. The molecule has 166 valence electrons. The summed E-state index contributed by atoms with van der Waals surface area (Å²) in [6.07, 6.45) is 7.57. The molecule has 0 aliphatic rings. The molecule has 0 fully saturated rings. The molecule has 7 nitrogen and oxygen atoms in total. The summed E-state index contributed by atoms with van der Waals surface area (Å²) in [5, 5.41) is 4.38. The Kier molecular flexibility index (Phi) is 6.90. The van der Waals surface area contributed by atoms with E-state index < -0.39 is 0 Å². The van der Waals surface area contributed by atoms with Gasteiger partial charge in [-0.05, 0) is 68.6 Å². The van der Waals surface area contributed by atoms with E-state index >= 15 is 0 Å². The van der Waals surface area contributed by atoms with Gasteiger partial charge in [-0.25, -0.2) is 14.4 Å². The van der Waals surface area contributed by atoms with E-state index in [-0.39, 0.29) is 5.82 Å². The molecule has 0 bridgehead atoms. The van der Waals surface area contributed by atoms with Gasteiger partial charge in [0.1, 0.15) is 16.2 Å². The number of hydrogen-bond acceptors (Lipinski definition) is 5. The van der Waals surface area contributed by atoms with Crippen LogP contribution in [0.2, 0.25) is 0 Å². The van der Waals surface area contributed by atoms with Crippen LogP contribution in [0.4, 0.5) is 10.2 Å². The van der Waals surface area contributed by atoms with Crippen LogP contribution in [0.1, 0.15) is 18.1 Å². The van der Waals surface area contributed by atoms with E-state index in [4.69, 9.17) is 10.5 Å². The number of pyridine rings is 1. The van der Waals surface area contributed by atoms with Gasteiger partial charge in [-0.3, -0.25) is 4.68 Å². The molecule has 3 heterocycles. The molecule has 10 heteroatoms. The van der Waals surface area contributed by atoms with Gasteiger partial charge in [0.15, 0.2) is 11.6 Å². The number of nitrogen functional groups attached to an aromatic ring is 1. The van der Waals surface area contributed by atoms with Crippen molar-refractivity contribution in [3.05, 3.63) is 75.1 Å². The van der Waals surface area contributed by atoms with Crippen molar-refractivity contribution in [3.63, 3.8) is 0 Å². The average molecular weight is 564 g/mol. The lowest BCUT2D eigenvalue weighted by atomic mass is 10.0. The predicted molar refractivity (Wildman–Crippen MR) is 128 cm³/mol. The highest BCUT2D eigenvalue weighted by atomic mass is 79.9. The van der Waals surface area contributed by atoms with Crippen LogP contribution in [0.25, 0.3) is 11.4 Å². The van der Waals surface area contributed by atoms with Crippen LogP contribution < -0.4 is 10.5 Å². The van der Waals surface area contributed by atoms with Crippen molar-refractivity contribution in [1.82, 2.24) is 24.3 Å². The number of rotatable bonds is 8. The molecule has 0 radical (unpaired) electrons. The maximum Gasteiger partial charge on any atom is 0.166 e. The van der Waals surface area contributed by atoms with Crippen molar-refractivity contribution < 1.29 is 9.13 Å². The van der Waals surface area contributed by atoms with Crippen LogP contribution in [0.3, 0.4) is 0 Å². The van der Waals surface area contributed by atoms with E-state index in [1.165, 1.54) is 12.1 Å². The molecule has 3 aromatic heterocycles. The molecule has 0 unspecified atom stereocenters. The second-order valence-electron chi connectivity index (χ2n) is 7.09. The zero-order valence-electron chi connectivity index (χ0n) is 17.3. The van der Waals surface area contributed by atoms with Crippen LogP contribution in [0, 0.1) is 5.82 Å². The quantitative estimate of drug-likeness (QED) is 0.323. The molecular weight excluding hydrogens is 543 g/mol. The van der Waals surface area contributed by atoms with Crippen molar-refractivity contribution in [2.45, 2.75) is 26.4 Å². The second-order valence-corrected chi connectivity index (χ2v) is 8.76. The summed E-state index contributed by atoms with van der Waals surface area (Å²) in [5.41, 5.74) is 8.55. The van der Waals surface area contributed by atoms with E-state index in [2.05, 4.69) is 46.9 Å². The summed E-state index contributed by atoms with van der Waals surface area (Å²) in [7, 11) is 0. The first-order chi connectivity index (χ1) is 15.5. The second kappa shape index (κ2) is 9.83. The molecule has 2 N–H and O–H groups in total. The minimum absolute atomic E-state index is 0.307. The molecule has 0 atom stereocenters. The Hall–Kier alpha value is -2.72. The standard InChI is InChI=1S/C22H21Br2FN6O/c1-2-31-20(24)15(11-29-31)13-30-7-6-27-22(30)18-4-3-17(25)9-14(18)5-8-32-19-10-16(23)12-28-21(19)26/h3-4,6-7,9-12H,2,5,8,13H2,1H3,(H2,26,28). The number of aromatic nitrogens is 5. The molecule has 0 saturated carbocycles. The Bertz CT molecular complexity index is 1240. The van der Waals surface area contributed by atoms with Gasteiger partial charge < -0.3 is 15.0 Å². The zero-order chi connectivity index (χ0) is 22.7. The molecule has 0 aliphatic carbocycles. The Labute approximate surface area is 201 Å². The van der Waals surface area contributed by atoms with Gasteiger partial charge in [0.25, 0.3) is 0 Å². The molecule has 4 aromatic rings. The first kappa shape index (κ1) is 22.5. The van der Waals surface area contributed by atoms with Crippen LogP contribution >= 0.6 is 31.9 Å². The van der Waals surface area contributed by atoms with Crippen molar-refractivity contribution in [2.75, 3.05) is 12.3 Å². The molecule has 32 heavy (non-hydrogen) atoms. The van der Waals surface area contributed by atoms with E-state index in [0.29, 0.717) is 31.1 Å². The molecule has 0 saturated heterocycles. The van der Waals surface area contributed by atoms with Crippen molar-refractivity contribution in [2.24, 2.45) is 0 Å². The third-order valence-corrected chi connectivity index (χ3v) is 6.34. The van der Waals surface area contributed by atoms with E-state index in [1.807, 2.05) is 28.6 Å². The highest BCUT2D eigenvalue weighted by Crippen LogP contribution is 2.27. The number of hydrogen-bond donors (Lipinski definition) is 1. The van der Waals surface area contributed by atoms with Crippen molar-refractivity contribution in [3.8, 4) is 17.1 Å². The van der Waals surface area contributed by atoms with Gasteiger partial charge in [0.2, 0.25) is 0 Å². The average Bonchev–Trinajstić information content (AvgIpc) is 3.37. The maximum absolute atomic E-state index is 14.1. The van der Waals surface area contributed by atoms with E-state index in [9.17, 15) is 4.39 Å². The Balaban J connectivity index is 1.57. The van der Waals surface area contributed by atoms with Crippen molar-refractivity contribution >= 4 is 37.7 Å². The summed E-state index contributed by atoms with van der Waals surface area (Å²) in [5.74, 6) is 1.23. The fourth-order valence-corrected chi connectivity index (χ4v) is 4.29. The van der Waals surface area contributed by atoms with Gasteiger partial charge in [0.05, 0.1) is 19.3 Å². The van der Waals surface area contributed by atoms with Crippen LogP contribution in [0.15, 0.2) is 58.1 Å². The fourth-order valence-electron chi connectivity index (χ4n) is 3.41. The lowest BCUT2D eigenvalue weighted by Crippen LogP contribution is -2.08. The molecule has 0 aliphatic heterocycles. The number of imidazole rings is 1. The van der Waals surface area contributed by atoms with Gasteiger partial charge >= 0.3 is 0 Å². The third kappa shape index (κ3) is 4.86. The van der Waals surface area contributed by atoms with Gasteiger partial charge in [-0.1, -0.05) is 0 Å². The van der Waals surface area contributed by atoms with Gasteiger partial charge in [-0.15, -0.1) is 0 Å². The van der Waals surface area contributed by atoms with E-state index in [0.717, 1.165) is 38.1 Å². The normalized spacial score (nSPS) is 11.1. The zero-order valence-corrected chi connectivity index (χ0v) is 20.5. The summed E-state index contributed by atoms with van der Waals surface area (Å²) < 4.78 is 25.5. The first-order valence-corrected chi connectivity index (χ1v) is 11.6. The SMILES string of the molecule is CCn1ncc(Cn2ccnc2-c2ccc(F)cc2CCOc2cc(Br)cnc2N)c1Br. The Morgan fingerprint density at radius 1 is 1.12 bits per heavy atom. The Morgan fingerprint density at radius 2 is 1.97 bits per heavy atom. The van der Waals surface area contributed by atoms with Crippen LogP contribution in [-0.4, -0.2) is 30.9 Å². The van der Waals surface area contributed by atoms with Gasteiger partial charge in [-0.2, -0.15) is 5.10 Å². The molecule has 1 aromatic carbocycles. The lowest BCUT2D eigenvalue weighted by Gasteiger charge is -2.13. The molecule has 0 spiro atoms. The van der Waals surface area contributed by atoms with Crippen molar-refractivity contribution in [1.29, 1.82) is 0 Å². The summed E-state index contributed by atoms with van der Waals surface area (Å²) in [4.78, 5) is 8.61. The van der Waals surface area contributed by atoms with Crippen LogP contribution in [0.5, 0.6) is 5.75 Å². The first-order valence-electron chi connectivity index (χ1n) is 10.00. The summed E-state index contributed by atoms with van der Waals surface area (Å²) in [6.45, 7) is 3.71. The smallest absolute Gasteiger partial charge is 0.166 e. The molecule has 4 rings (SSSR count). The summed E-state index contributed by atoms with van der Waals surface area (Å²) >= 11 is 6.97. The van der Waals surface area contributed by atoms with Gasteiger partial charge in [0, 0.05) is 47.2 Å². The number of aryl methyl sites for hydroxylation is 1. The minimum Gasteiger partial charge on any atom is -0.489 e. The topological polar surface area (TPSA) is 83.8 Å². The number of halogens is 3. The van der Waals surface area contributed by atoms with Crippen LogP contribution in [-0.2, 0) is 19.5 Å². The largest absolute Gasteiger partial charge is 0.489 e. The summed E-state index contributed by atoms with van der Waals surface area (Å²) in [6, 6.07) is 6.48. The lowest BCUT2D eigenvalue weighted by molar-refractivity contribution is 0.322. The highest BCUT2D eigenvalue weighted by molar-refractivity contribution is 9.10. The fraction of sp³-hybridized carbons (Fsp3) is 0.227. The minimum atomic E-state index is -0.308. The maximum atomic E-state index is 14.1. The molecular formula is C22H21Br2FN6O.